The predicted octanol–water partition coefficient (Wildman–Crippen LogP) is 4.47. The number of hydrogen-bond acceptors (Lipinski definition) is 8. The number of aryl methyl sites for hydroxylation is 1. The second kappa shape index (κ2) is 11.8. The van der Waals surface area contributed by atoms with Crippen LogP contribution in [0.3, 0.4) is 0 Å². The molecule has 1 aliphatic carbocycles. The molecule has 2 aliphatic rings. The highest BCUT2D eigenvalue weighted by Crippen LogP contribution is 2.44. The summed E-state index contributed by atoms with van der Waals surface area (Å²) in [6.07, 6.45) is 5.23. The van der Waals surface area contributed by atoms with Gasteiger partial charge in [0.05, 0.1) is 38.6 Å². The minimum Gasteiger partial charge on any atom is -0.504 e. The molecule has 0 spiro atoms. The zero-order valence-corrected chi connectivity index (χ0v) is 20.9. The number of aldehydes is 1. The quantitative estimate of drug-likeness (QED) is 0.410. The average molecular weight is 501 g/mol. The van der Waals surface area contributed by atoms with Crippen LogP contribution in [0.2, 0.25) is 0 Å². The van der Waals surface area contributed by atoms with Gasteiger partial charge in [-0.3, -0.25) is 0 Å². The number of phenols is 2. The van der Waals surface area contributed by atoms with Gasteiger partial charge in [-0.1, -0.05) is 6.07 Å². The highest BCUT2D eigenvalue weighted by atomic mass is 16.5. The van der Waals surface area contributed by atoms with E-state index in [9.17, 15) is 20.1 Å². The lowest BCUT2D eigenvalue weighted by molar-refractivity contribution is -0.108. The molecule has 1 heterocycles. The van der Waals surface area contributed by atoms with Gasteiger partial charge in [-0.2, -0.15) is 0 Å². The van der Waals surface area contributed by atoms with Crippen LogP contribution in [0.1, 0.15) is 62.2 Å². The number of hydrogen-bond donors (Lipinski definition) is 3. The molecule has 0 unspecified atom stereocenters. The molecule has 1 saturated carbocycles. The first-order valence-electron chi connectivity index (χ1n) is 12.6. The lowest BCUT2D eigenvalue weighted by atomic mass is 9.93. The van der Waals surface area contributed by atoms with Crippen molar-refractivity contribution in [1.82, 2.24) is 0 Å². The molecule has 2 fully saturated rings. The maximum Gasteiger partial charge on any atom is 0.200 e. The van der Waals surface area contributed by atoms with Crippen molar-refractivity contribution in [3.8, 4) is 28.7 Å². The third kappa shape index (κ3) is 6.23. The van der Waals surface area contributed by atoms with E-state index in [1.54, 1.807) is 18.2 Å². The SMILES string of the molecule is COc1cc(CC[C@H]2C[C@H](O)C[C@@H](c3cc(OC)c(O)c(O[C@@H]4CC[C@H](CC=O)C4)c3)O2)ccc1O. The van der Waals surface area contributed by atoms with Gasteiger partial charge in [-0.15, -0.1) is 0 Å². The number of methoxy groups -OCH3 is 2. The third-order valence-corrected chi connectivity index (χ3v) is 7.25. The van der Waals surface area contributed by atoms with Crippen LogP contribution in [0.4, 0.5) is 0 Å². The second-order valence-electron chi connectivity index (χ2n) is 9.81. The van der Waals surface area contributed by atoms with Crippen LogP contribution < -0.4 is 14.2 Å². The first-order chi connectivity index (χ1) is 17.4. The summed E-state index contributed by atoms with van der Waals surface area (Å²) in [4.78, 5) is 10.9. The number of aliphatic hydroxyl groups excluding tert-OH is 1. The molecule has 1 aliphatic heterocycles. The fourth-order valence-corrected chi connectivity index (χ4v) is 5.30. The van der Waals surface area contributed by atoms with Gasteiger partial charge in [0.1, 0.15) is 6.29 Å². The van der Waals surface area contributed by atoms with Gasteiger partial charge >= 0.3 is 0 Å². The van der Waals surface area contributed by atoms with E-state index < -0.39 is 6.10 Å². The molecule has 8 heteroatoms. The first-order valence-corrected chi connectivity index (χ1v) is 12.6. The Kier molecular flexibility index (Phi) is 8.59. The Morgan fingerprint density at radius 1 is 1.00 bits per heavy atom. The van der Waals surface area contributed by atoms with Crippen LogP contribution in [0.15, 0.2) is 30.3 Å². The highest BCUT2D eigenvalue weighted by Gasteiger charge is 2.32. The largest absolute Gasteiger partial charge is 0.504 e. The lowest BCUT2D eigenvalue weighted by Gasteiger charge is -2.34. The Morgan fingerprint density at radius 2 is 1.78 bits per heavy atom. The Morgan fingerprint density at radius 3 is 2.53 bits per heavy atom. The Balaban J connectivity index is 1.46. The van der Waals surface area contributed by atoms with Crippen molar-refractivity contribution in [2.75, 3.05) is 14.2 Å². The molecule has 0 bridgehead atoms. The number of aliphatic hydroxyl groups is 1. The van der Waals surface area contributed by atoms with E-state index >= 15 is 0 Å². The Labute approximate surface area is 211 Å². The monoisotopic (exact) mass is 500 g/mol. The Hall–Kier alpha value is -2.97. The summed E-state index contributed by atoms with van der Waals surface area (Å²) >= 11 is 0. The number of carbonyl (C=O) groups is 1. The highest BCUT2D eigenvalue weighted by molar-refractivity contribution is 5.53. The van der Waals surface area contributed by atoms with Gasteiger partial charge in [0.15, 0.2) is 23.0 Å². The number of carbonyl (C=O) groups excluding carboxylic acids is 1. The van der Waals surface area contributed by atoms with Crippen LogP contribution >= 0.6 is 0 Å². The van der Waals surface area contributed by atoms with Crippen molar-refractivity contribution in [2.24, 2.45) is 5.92 Å². The molecular weight excluding hydrogens is 464 g/mol. The molecule has 36 heavy (non-hydrogen) atoms. The van der Waals surface area contributed by atoms with E-state index in [0.717, 1.165) is 36.7 Å². The minimum absolute atomic E-state index is 0.0609. The van der Waals surface area contributed by atoms with Gasteiger partial charge in [0.25, 0.3) is 0 Å². The number of rotatable bonds is 10. The number of phenolic OH excluding ortho intramolecular Hbond substituents is 2. The van der Waals surface area contributed by atoms with E-state index in [1.165, 1.54) is 14.2 Å². The maximum atomic E-state index is 10.9. The molecule has 1 saturated heterocycles. The van der Waals surface area contributed by atoms with Crippen molar-refractivity contribution >= 4 is 6.29 Å². The minimum atomic E-state index is -0.522. The lowest BCUT2D eigenvalue weighted by Crippen LogP contribution is -2.31. The maximum absolute atomic E-state index is 10.9. The molecule has 0 radical (unpaired) electrons. The average Bonchev–Trinajstić information content (AvgIpc) is 3.31. The van der Waals surface area contributed by atoms with Crippen molar-refractivity contribution in [2.45, 2.75) is 75.8 Å². The fourth-order valence-electron chi connectivity index (χ4n) is 5.30. The first kappa shape index (κ1) is 26.1. The molecule has 0 aromatic heterocycles. The number of ether oxygens (including phenoxy) is 4. The molecule has 2 aromatic carbocycles. The predicted molar refractivity (Wildman–Crippen MR) is 133 cm³/mol. The summed E-state index contributed by atoms with van der Waals surface area (Å²) in [5.74, 6) is 1.40. The summed E-state index contributed by atoms with van der Waals surface area (Å²) in [6.45, 7) is 0. The summed E-state index contributed by atoms with van der Waals surface area (Å²) in [5, 5.41) is 31.1. The molecular formula is C28H36O8. The molecule has 8 nitrogen and oxygen atoms in total. The van der Waals surface area contributed by atoms with Crippen molar-refractivity contribution in [3.63, 3.8) is 0 Å². The summed E-state index contributed by atoms with van der Waals surface area (Å²) < 4.78 is 23.1. The molecule has 0 amide bonds. The van der Waals surface area contributed by atoms with Crippen molar-refractivity contribution in [1.29, 1.82) is 0 Å². The third-order valence-electron chi connectivity index (χ3n) is 7.25. The number of benzene rings is 2. The molecule has 4 rings (SSSR count). The normalized spacial score (nSPS) is 25.9. The smallest absolute Gasteiger partial charge is 0.200 e. The van der Waals surface area contributed by atoms with E-state index in [4.69, 9.17) is 18.9 Å². The van der Waals surface area contributed by atoms with Crippen molar-refractivity contribution in [3.05, 3.63) is 41.5 Å². The van der Waals surface area contributed by atoms with Crippen LogP contribution in [-0.4, -0.2) is 54.1 Å². The molecule has 3 N–H and O–H groups in total. The van der Waals surface area contributed by atoms with E-state index in [0.29, 0.717) is 55.3 Å². The van der Waals surface area contributed by atoms with Gasteiger partial charge in [0, 0.05) is 12.8 Å². The van der Waals surface area contributed by atoms with Crippen LogP contribution in [0.5, 0.6) is 28.7 Å². The van der Waals surface area contributed by atoms with E-state index in [-0.39, 0.29) is 29.8 Å². The van der Waals surface area contributed by atoms with Gasteiger partial charge in [0.2, 0.25) is 5.75 Å². The molecule has 5 atom stereocenters. The van der Waals surface area contributed by atoms with Gasteiger partial charge < -0.3 is 39.1 Å². The van der Waals surface area contributed by atoms with E-state index in [1.807, 2.05) is 12.1 Å². The Bertz CT molecular complexity index is 1040. The summed E-state index contributed by atoms with van der Waals surface area (Å²) in [7, 11) is 3.01. The fraction of sp³-hybridized carbons (Fsp3) is 0.536. The molecule has 2 aromatic rings. The topological polar surface area (TPSA) is 115 Å². The van der Waals surface area contributed by atoms with Crippen LogP contribution in [0, 0.1) is 5.92 Å². The van der Waals surface area contributed by atoms with Gasteiger partial charge in [-0.05, 0) is 79.8 Å². The second-order valence-corrected chi connectivity index (χ2v) is 9.81. The zero-order chi connectivity index (χ0) is 25.7. The summed E-state index contributed by atoms with van der Waals surface area (Å²) in [6, 6.07) is 8.78. The summed E-state index contributed by atoms with van der Waals surface area (Å²) in [5.41, 5.74) is 1.79. The van der Waals surface area contributed by atoms with Crippen molar-refractivity contribution < 1.29 is 39.1 Å². The molecule has 196 valence electrons. The van der Waals surface area contributed by atoms with Crippen LogP contribution in [0.25, 0.3) is 0 Å². The van der Waals surface area contributed by atoms with Crippen LogP contribution in [-0.2, 0) is 16.0 Å². The van der Waals surface area contributed by atoms with E-state index in [2.05, 4.69) is 0 Å². The zero-order valence-electron chi connectivity index (χ0n) is 20.9. The van der Waals surface area contributed by atoms with Gasteiger partial charge in [-0.25, -0.2) is 0 Å². The number of aromatic hydroxyl groups is 2. The standard InChI is InChI=1S/C28H36O8/c1-33-25-12-17(5-8-23(25)31)3-7-22-15-20(30)16-24(35-22)19-13-26(34-2)28(32)27(14-19)36-21-6-4-18(11-21)9-10-29/h5,8,10,12-14,18,20-22,24,30-32H,3-4,6-7,9,11,15-16H2,1-2H3/t18-,20+,21-,22+,24+/m1/s1.